The highest BCUT2D eigenvalue weighted by atomic mass is 79.9. The van der Waals surface area contributed by atoms with Gasteiger partial charge < -0.3 is 5.32 Å². The predicted octanol–water partition coefficient (Wildman–Crippen LogP) is 4.90. The van der Waals surface area contributed by atoms with Crippen molar-refractivity contribution in [3.05, 3.63) is 69.9 Å². The van der Waals surface area contributed by atoms with Crippen LogP contribution in [-0.4, -0.2) is 10.9 Å². The van der Waals surface area contributed by atoms with Crippen LogP contribution in [0.4, 0.5) is 5.69 Å². The van der Waals surface area contributed by atoms with Gasteiger partial charge in [-0.2, -0.15) is 0 Å². The molecular weight excluding hydrogens is 352 g/mol. The number of fused-ring (bicyclic) bond motifs is 1. The van der Waals surface area contributed by atoms with E-state index >= 15 is 0 Å². The van der Waals surface area contributed by atoms with Crippen LogP contribution in [0.25, 0.3) is 10.8 Å². The third kappa shape index (κ3) is 3.23. The number of carbonyl (C=O) groups is 1. The fraction of sp³-hybridized carbons (Fsp3) is 0. The van der Waals surface area contributed by atoms with E-state index in [4.69, 9.17) is 11.6 Å². The summed E-state index contributed by atoms with van der Waals surface area (Å²) in [6, 6.07) is 14.9. The van der Waals surface area contributed by atoms with Gasteiger partial charge in [-0.3, -0.25) is 4.79 Å². The molecule has 5 heteroatoms. The van der Waals surface area contributed by atoms with E-state index in [1.54, 1.807) is 18.2 Å². The van der Waals surface area contributed by atoms with Gasteiger partial charge in [0.2, 0.25) is 0 Å². The second-order valence-corrected chi connectivity index (χ2v) is 5.83. The van der Waals surface area contributed by atoms with Crippen LogP contribution in [0, 0.1) is 0 Å². The fourth-order valence-electron chi connectivity index (χ4n) is 2.01. The van der Waals surface area contributed by atoms with Crippen molar-refractivity contribution >= 4 is 49.9 Å². The molecule has 1 amide bonds. The molecule has 0 saturated heterocycles. The van der Waals surface area contributed by atoms with Gasteiger partial charge in [0, 0.05) is 10.0 Å². The van der Waals surface area contributed by atoms with E-state index in [0.29, 0.717) is 16.4 Å². The van der Waals surface area contributed by atoms with Crippen LogP contribution in [0.15, 0.2) is 59.2 Å². The lowest BCUT2D eigenvalue weighted by Gasteiger charge is -2.06. The lowest BCUT2D eigenvalue weighted by atomic mass is 10.1. The number of carbonyl (C=O) groups excluding carboxylic acids is 1. The molecule has 1 heterocycles. The van der Waals surface area contributed by atoms with Crippen molar-refractivity contribution < 1.29 is 4.79 Å². The molecule has 3 nitrogen and oxygen atoms in total. The number of anilines is 1. The van der Waals surface area contributed by atoms with Crippen molar-refractivity contribution in [2.45, 2.75) is 0 Å². The maximum Gasteiger partial charge on any atom is 0.255 e. The Bertz CT molecular complexity index is 818. The van der Waals surface area contributed by atoms with Crippen LogP contribution < -0.4 is 5.32 Å². The third-order valence-electron chi connectivity index (χ3n) is 3.05. The number of nitrogens with zero attached hydrogens (tertiary/aromatic N) is 1. The highest BCUT2D eigenvalue weighted by Gasteiger charge is 2.07. The Kier molecular flexibility index (Phi) is 3.90. The van der Waals surface area contributed by atoms with Crippen LogP contribution in [0.3, 0.4) is 0 Å². The molecule has 0 aliphatic heterocycles. The first-order valence-corrected chi connectivity index (χ1v) is 7.41. The normalized spacial score (nSPS) is 10.6. The minimum atomic E-state index is -0.177. The Morgan fingerprint density at radius 1 is 1.05 bits per heavy atom. The molecule has 0 atom stereocenters. The molecular formula is C16H10BrClN2O. The molecule has 2 aromatic carbocycles. The van der Waals surface area contributed by atoms with E-state index in [9.17, 15) is 4.79 Å². The number of halogens is 2. The highest BCUT2D eigenvalue weighted by Crippen LogP contribution is 2.21. The Labute approximate surface area is 135 Å². The zero-order chi connectivity index (χ0) is 14.8. The monoisotopic (exact) mass is 360 g/mol. The number of hydrogen-bond donors (Lipinski definition) is 1. The lowest BCUT2D eigenvalue weighted by Crippen LogP contribution is -2.11. The van der Waals surface area contributed by atoms with Crippen LogP contribution >= 0.6 is 27.5 Å². The fourth-order valence-corrected chi connectivity index (χ4v) is 2.50. The summed E-state index contributed by atoms with van der Waals surface area (Å²) in [5.74, 6) is -0.177. The summed E-state index contributed by atoms with van der Waals surface area (Å²) in [6.07, 6.45) is 1.53. The van der Waals surface area contributed by atoms with E-state index in [1.807, 2.05) is 30.3 Å². The van der Waals surface area contributed by atoms with E-state index in [2.05, 4.69) is 26.2 Å². The Hall–Kier alpha value is -1.91. The van der Waals surface area contributed by atoms with Crippen molar-refractivity contribution in [2.24, 2.45) is 0 Å². The molecule has 0 fully saturated rings. The van der Waals surface area contributed by atoms with Crippen molar-refractivity contribution in [1.82, 2.24) is 4.98 Å². The van der Waals surface area contributed by atoms with Gasteiger partial charge in [-0.25, -0.2) is 4.98 Å². The summed E-state index contributed by atoms with van der Waals surface area (Å²) in [5.41, 5.74) is 1.21. The molecule has 0 aliphatic rings. The summed E-state index contributed by atoms with van der Waals surface area (Å²) in [6.45, 7) is 0. The van der Waals surface area contributed by atoms with E-state index in [0.717, 1.165) is 15.2 Å². The summed E-state index contributed by atoms with van der Waals surface area (Å²) in [4.78, 5) is 16.2. The van der Waals surface area contributed by atoms with Crippen LogP contribution in [0.2, 0.25) is 5.15 Å². The molecule has 0 aliphatic carbocycles. The average molecular weight is 362 g/mol. The Balaban J connectivity index is 1.87. The number of aromatic nitrogens is 1. The summed E-state index contributed by atoms with van der Waals surface area (Å²) >= 11 is 9.15. The predicted molar refractivity (Wildman–Crippen MR) is 88.8 cm³/mol. The number of rotatable bonds is 2. The number of nitrogens with one attached hydrogen (secondary N) is 1. The largest absolute Gasteiger partial charge is 0.321 e. The van der Waals surface area contributed by atoms with Gasteiger partial charge in [0.25, 0.3) is 5.91 Å². The number of benzene rings is 2. The molecule has 0 spiro atoms. The van der Waals surface area contributed by atoms with Gasteiger partial charge in [-0.1, -0.05) is 39.7 Å². The molecule has 0 saturated carbocycles. The van der Waals surface area contributed by atoms with Gasteiger partial charge in [0.1, 0.15) is 5.15 Å². The summed E-state index contributed by atoms with van der Waals surface area (Å²) < 4.78 is 1.01. The molecule has 1 aromatic heterocycles. The molecule has 104 valence electrons. The lowest BCUT2D eigenvalue weighted by molar-refractivity contribution is 0.102. The molecule has 21 heavy (non-hydrogen) atoms. The molecule has 0 bridgehead atoms. The molecule has 0 unspecified atom stereocenters. The first-order chi connectivity index (χ1) is 10.1. The first kappa shape index (κ1) is 14.0. The SMILES string of the molecule is O=C(Nc1ccc(Cl)nc1)c1ccc2cc(Br)ccc2c1. The zero-order valence-electron chi connectivity index (χ0n) is 10.8. The zero-order valence-corrected chi connectivity index (χ0v) is 13.1. The van der Waals surface area contributed by atoms with Gasteiger partial charge in [0.05, 0.1) is 11.9 Å². The number of amides is 1. The van der Waals surface area contributed by atoms with E-state index in [-0.39, 0.29) is 5.91 Å². The molecule has 3 rings (SSSR count). The highest BCUT2D eigenvalue weighted by molar-refractivity contribution is 9.10. The number of hydrogen-bond acceptors (Lipinski definition) is 2. The topological polar surface area (TPSA) is 42.0 Å². The van der Waals surface area contributed by atoms with Crippen molar-refractivity contribution in [2.75, 3.05) is 5.32 Å². The maximum atomic E-state index is 12.2. The smallest absolute Gasteiger partial charge is 0.255 e. The first-order valence-electron chi connectivity index (χ1n) is 6.24. The standard InChI is InChI=1S/C16H10BrClN2O/c17-13-4-3-10-7-12(2-1-11(10)8-13)16(21)20-14-5-6-15(18)19-9-14/h1-9H,(H,20,21). The third-order valence-corrected chi connectivity index (χ3v) is 3.77. The van der Waals surface area contributed by atoms with Gasteiger partial charge >= 0.3 is 0 Å². The van der Waals surface area contributed by atoms with Gasteiger partial charge in [0.15, 0.2) is 0 Å². The van der Waals surface area contributed by atoms with Crippen molar-refractivity contribution in [3.63, 3.8) is 0 Å². The molecule has 3 aromatic rings. The average Bonchev–Trinajstić information content (AvgIpc) is 2.49. The van der Waals surface area contributed by atoms with E-state index < -0.39 is 0 Å². The number of pyridine rings is 1. The molecule has 0 radical (unpaired) electrons. The minimum Gasteiger partial charge on any atom is -0.321 e. The summed E-state index contributed by atoms with van der Waals surface area (Å²) in [7, 11) is 0. The summed E-state index contributed by atoms with van der Waals surface area (Å²) in [5, 5.41) is 5.28. The van der Waals surface area contributed by atoms with Crippen molar-refractivity contribution in [3.8, 4) is 0 Å². The second kappa shape index (κ2) is 5.84. The van der Waals surface area contributed by atoms with Crippen LogP contribution in [0.5, 0.6) is 0 Å². The minimum absolute atomic E-state index is 0.177. The quantitative estimate of drug-likeness (QED) is 0.659. The van der Waals surface area contributed by atoms with Crippen LogP contribution in [-0.2, 0) is 0 Å². The van der Waals surface area contributed by atoms with Crippen LogP contribution in [0.1, 0.15) is 10.4 Å². The van der Waals surface area contributed by atoms with Gasteiger partial charge in [-0.05, 0) is 47.2 Å². The van der Waals surface area contributed by atoms with Crippen molar-refractivity contribution in [1.29, 1.82) is 0 Å². The second-order valence-electron chi connectivity index (χ2n) is 4.53. The Morgan fingerprint density at radius 3 is 2.57 bits per heavy atom. The maximum absolute atomic E-state index is 12.2. The van der Waals surface area contributed by atoms with Gasteiger partial charge in [-0.15, -0.1) is 0 Å². The van der Waals surface area contributed by atoms with E-state index in [1.165, 1.54) is 6.20 Å². The Morgan fingerprint density at radius 2 is 1.81 bits per heavy atom. The molecule has 1 N–H and O–H groups in total.